The Labute approximate surface area is 168 Å². The third kappa shape index (κ3) is 3.83. The summed E-state index contributed by atoms with van der Waals surface area (Å²) in [5, 5.41) is 8.27. The quantitative estimate of drug-likeness (QED) is 0.467. The fraction of sp³-hybridized carbons (Fsp3) is 0.130. The number of nitrogens with zero attached hydrogens (tertiary/aromatic N) is 2. The number of methoxy groups -OCH3 is 1. The first-order valence-corrected chi connectivity index (χ1v) is 9.16. The summed E-state index contributed by atoms with van der Waals surface area (Å²) in [4.78, 5) is 0. The Balaban J connectivity index is 1.58. The summed E-state index contributed by atoms with van der Waals surface area (Å²) < 4.78 is 16.9. The van der Waals surface area contributed by atoms with Gasteiger partial charge in [0.05, 0.1) is 7.11 Å². The van der Waals surface area contributed by atoms with Crippen LogP contribution in [0.1, 0.15) is 11.5 Å². The molecule has 2 N–H and O–H groups in total. The second-order valence-corrected chi connectivity index (χ2v) is 6.71. The molecule has 0 aliphatic rings. The van der Waals surface area contributed by atoms with Crippen molar-refractivity contribution in [3.63, 3.8) is 0 Å². The molecule has 1 atom stereocenters. The van der Waals surface area contributed by atoms with Gasteiger partial charge in [0.25, 0.3) is 5.89 Å². The highest BCUT2D eigenvalue weighted by atomic mass is 16.5. The van der Waals surface area contributed by atoms with Gasteiger partial charge in [-0.3, -0.25) is 0 Å². The normalized spacial score (nSPS) is 13.0. The van der Waals surface area contributed by atoms with E-state index in [1.165, 1.54) is 0 Å². The molecule has 0 amide bonds. The summed E-state index contributed by atoms with van der Waals surface area (Å²) in [5.74, 6) is 2.50. The molecule has 0 spiro atoms. The van der Waals surface area contributed by atoms with Gasteiger partial charge in [-0.2, -0.15) is 0 Å². The molecule has 4 rings (SSSR count). The number of ether oxygens (including phenoxy) is 1. The smallest absolute Gasteiger partial charge is 0.283 e. The molecule has 0 unspecified atom stereocenters. The highest BCUT2D eigenvalue weighted by Gasteiger charge is 2.31. The van der Waals surface area contributed by atoms with E-state index in [-0.39, 0.29) is 11.8 Å². The van der Waals surface area contributed by atoms with Gasteiger partial charge in [-0.15, -0.1) is 16.8 Å². The maximum atomic E-state index is 6.51. The van der Waals surface area contributed by atoms with Crippen molar-refractivity contribution >= 4 is 0 Å². The molecule has 0 aliphatic heterocycles. The first-order chi connectivity index (χ1) is 14.1. The lowest BCUT2D eigenvalue weighted by atomic mass is 9.92. The molecule has 0 aliphatic carbocycles. The number of furan rings is 1. The van der Waals surface area contributed by atoms with Crippen molar-refractivity contribution in [3.05, 3.63) is 90.8 Å². The van der Waals surface area contributed by atoms with Crippen LogP contribution in [-0.2, 0) is 12.0 Å². The van der Waals surface area contributed by atoms with Crippen molar-refractivity contribution in [1.29, 1.82) is 0 Å². The number of hydrogen-bond donors (Lipinski definition) is 1. The van der Waals surface area contributed by atoms with E-state index in [1.54, 1.807) is 19.3 Å². The molecule has 0 saturated carbocycles. The van der Waals surface area contributed by atoms with Crippen LogP contribution in [0, 0.1) is 0 Å². The van der Waals surface area contributed by atoms with Crippen LogP contribution in [0.2, 0.25) is 0 Å². The molecule has 0 bridgehead atoms. The van der Waals surface area contributed by atoms with Crippen LogP contribution >= 0.6 is 0 Å². The van der Waals surface area contributed by atoms with Gasteiger partial charge in [0, 0.05) is 12.0 Å². The highest BCUT2D eigenvalue weighted by Crippen LogP contribution is 2.31. The van der Waals surface area contributed by atoms with E-state index in [0.29, 0.717) is 17.9 Å². The molecular formula is C23H21N3O3. The lowest BCUT2D eigenvalue weighted by molar-refractivity contribution is 0.385. The van der Waals surface area contributed by atoms with E-state index < -0.39 is 5.54 Å². The van der Waals surface area contributed by atoms with Gasteiger partial charge in [0.1, 0.15) is 17.0 Å². The zero-order valence-electron chi connectivity index (χ0n) is 16.0. The Hall–Kier alpha value is -3.64. The summed E-state index contributed by atoms with van der Waals surface area (Å²) >= 11 is 0. The van der Waals surface area contributed by atoms with Gasteiger partial charge in [0.15, 0.2) is 5.76 Å². The summed E-state index contributed by atoms with van der Waals surface area (Å²) in [7, 11) is 1.63. The van der Waals surface area contributed by atoms with Gasteiger partial charge >= 0.3 is 0 Å². The Bertz CT molecular complexity index is 1100. The Morgan fingerprint density at radius 2 is 1.69 bits per heavy atom. The van der Waals surface area contributed by atoms with Crippen molar-refractivity contribution in [3.8, 4) is 28.7 Å². The predicted octanol–water partition coefficient (Wildman–Crippen LogP) is 4.59. The summed E-state index contributed by atoms with van der Waals surface area (Å²) in [6, 6.07) is 21.1. The summed E-state index contributed by atoms with van der Waals surface area (Å²) in [6.45, 7) is 3.86. The largest absolute Gasteiger partial charge is 0.497 e. The molecule has 2 heterocycles. The van der Waals surface area contributed by atoms with Crippen molar-refractivity contribution in [2.45, 2.75) is 12.0 Å². The SMILES string of the molecule is C=C[C@@](N)(Cc1ccccc1)c1nnc(-c2ccc(-c3ccc(OC)cc3)o2)o1. The van der Waals surface area contributed by atoms with Crippen LogP contribution in [0.25, 0.3) is 23.0 Å². The number of benzene rings is 2. The van der Waals surface area contributed by atoms with Crippen molar-refractivity contribution in [2.24, 2.45) is 5.73 Å². The third-order valence-corrected chi connectivity index (χ3v) is 4.72. The molecule has 0 fully saturated rings. The highest BCUT2D eigenvalue weighted by molar-refractivity contribution is 5.61. The first kappa shape index (κ1) is 18.7. The minimum atomic E-state index is -0.974. The first-order valence-electron chi connectivity index (χ1n) is 9.16. The fourth-order valence-electron chi connectivity index (χ4n) is 3.04. The maximum Gasteiger partial charge on any atom is 0.283 e. The molecule has 2 aromatic carbocycles. The zero-order valence-corrected chi connectivity index (χ0v) is 16.0. The minimum Gasteiger partial charge on any atom is -0.497 e. The standard InChI is InChI=1S/C23H21N3O3/c1-3-23(24,15-16-7-5-4-6-8-16)22-26-25-21(29-22)20-14-13-19(28-20)17-9-11-18(27-2)12-10-17/h3-14H,1,15,24H2,2H3/t23-/m1/s1. The van der Waals surface area contributed by atoms with Gasteiger partial charge in [-0.1, -0.05) is 36.4 Å². The van der Waals surface area contributed by atoms with E-state index >= 15 is 0 Å². The molecule has 0 saturated heterocycles. The van der Waals surface area contributed by atoms with Crippen molar-refractivity contribution < 1.29 is 13.6 Å². The van der Waals surface area contributed by atoms with E-state index in [1.807, 2.05) is 60.7 Å². The van der Waals surface area contributed by atoms with Crippen LogP contribution in [-0.4, -0.2) is 17.3 Å². The molecule has 29 heavy (non-hydrogen) atoms. The zero-order chi connectivity index (χ0) is 20.3. The molecule has 146 valence electrons. The maximum absolute atomic E-state index is 6.51. The van der Waals surface area contributed by atoms with Gasteiger partial charge < -0.3 is 19.3 Å². The average molecular weight is 387 g/mol. The topological polar surface area (TPSA) is 87.3 Å². The Kier molecular flexibility index (Phi) is 5.01. The Morgan fingerprint density at radius 1 is 0.966 bits per heavy atom. The fourth-order valence-corrected chi connectivity index (χ4v) is 3.04. The number of rotatable bonds is 7. The number of hydrogen-bond acceptors (Lipinski definition) is 6. The average Bonchev–Trinajstić information content (AvgIpc) is 3.44. The number of nitrogens with two attached hydrogens (primary N) is 1. The number of aromatic nitrogens is 2. The van der Waals surface area contributed by atoms with Crippen molar-refractivity contribution in [2.75, 3.05) is 7.11 Å². The minimum absolute atomic E-state index is 0.268. The second kappa shape index (κ2) is 7.77. The van der Waals surface area contributed by atoms with Crippen molar-refractivity contribution in [1.82, 2.24) is 10.2 Å². The molecule has 0 radical (unpaired) electrons. The lowest BCUT2D eigenvalue weighted by Crippen LogP contribution is -2.37. The van der Waals surface area contributed by atoms with E-state index in [2.05, 4.69) is 16.8 Å². The summed E-state index contributed by atoms with van der Waals surface area (Å²) in [5.41, 5.74) is 7.50. The van der Waals surface area contributed by atoms with Crippen LogP contribution in [0.15, 0.2) is 88.2 Å². The van der Waals surface area contributed by atoms with Gasteiger partial charge in [-0.25, -0.2) is 0 Å². The molecular weight excluding hydrogens is 366 g/mol. The predicted molar refractivity (Wildman–Crippen MR) is 110 cm³/mol. The molecule has 4 aromatic rings. The van der Waals surface area contributed by atoms with Gasteiger partial charge in [-0.05, 0) is 42.0 Å². The summed E-state index contributed by atoms with van der Waals surface area (Å²) in [6.07, 6.45) is 2.12. The van der Waals surface area contributed by atoms with Crippen LogP contribution in [0.4, 0.5) is 0 Å². The van der Waals surface area contributed by atoms with E-state index in [0.717, 1.165) is 16.9 Å². The molecule has 6 nitrogen and oxygen atoms in total. The Morgan fingerprint density at radius 3 is 2.38 bits per heavy atom. The van der Waals surface area contributed by atoms with E-state index in [9.17, 15) is 0 Å². The van der Waals surface area contributed by atoms with E-state index in [4.69, 9.17) is 19.3 Å². The van der Waals surface area contributed by atoms with Crippen LogP contribution in [0.5, 0.6) is 5.75 Å². The third-order valence-electron chi connectivity index (χ3n) is 4.72. The molecule has 2 aromatic heterocycles. The van der Waals surface area contributed by atoms with Crippen LogP contribution < -0.4 is 10.5 Å². The lowest BCUT2D eigenvalue weighted by Gasteiger charge is -2.21. The van der Waals surface area contributed by atoms with Gasteiger partial charge in [0.2, 0.25) is 5.89 Å². The monoisotopic (exact) mass is 387 g/mol. The second-order valence-electron chi connectivity index (χ2n) is 6.71. The molecule has 6 heteroatoms. The van der Waals surface area contributed by atoms with Crippen LogP contribution in [0.3, 0.4) is 0 Å².